The summed E-state index contributed by atoms with van der Waals surface area (Å²) in [5.41, 5.74) is 5.79. The molecule has 6 nitrogen and oxygen atoms in total. The Morgan fingerprint density at radius 3 is 2.65 bits per heavy atom. The van der Waals surface area contributed by atoms with Crippen LogP contribution in [0.15, 0.2) is 21.7 Å². The Morgan fingerprint density at radius 2 is 2.05 bits per heavy atom. The third kappa shape index (κ3) is 4.27. The molecule has 20 heavy (non-hydrogen) atoms. The number of rotatable bonds is 5. The summed E-state index contributed by atoms with van der Waals surface area (Å²) in [7, 11) is -3.57. The van der Waals surface area contributed by atoms with Crippen LogP contribution in [0, 0.1) is 0 Å². The Labute approximate surface area is 122 Å². The summed E-state index contributed by atoms with van der Waals surface area (Å²) >= 11 is 1.12. The lowest BCUT2D eigenvalue weighted by atomic mass is 9.92. The van der Waals surface area contributed by atoms with Gasteiger partial charge in [-0.15, -0.1) is 11.3 Å². The monoisotopic (exact) mass is 317 g/mol. The van der Waals surface area contributed by atoms with Crippen molar-refractivity contribution in [1.29, 1.82) is 0 Å². The fourth-order valence-electron chi connectivity index (χ4n) is 2.19. The smallest absolute Gasteiger partial charge is 0.250 e. The van der Waals surface area contributed by atoms with E-state index in [9.17, 15) is 13.2 Å². The molecule has 0 radical (unpaired) electrons. The number of hydrogen-bond acceptors (Lipinski definition) is 5. The Hall–Kier alpha value is -0.960. The first-order valence-corrected chi connectivity index (χ1v) is 8.92. The number of amides is 1. The van der Waals surface area contributed by atoms with Gasteiger partial charge in [-0.3, -0.25) is 4.79 Å². The summed E-state index contributed by atoms with van der Waals surface area (Å²) in [6.07, 6.45) is 3.49. The van der Waals surface area contributed by atoms with Crippen LogP contribution in [-0.2, 0) is 14.8 Å². The molecule has 4 N–H and O–H groups in total. The zero-order valence-electron chi connectivity index (χ0n) is 11.0. The van der Waals surface area contributed by atoms with Gasteiger partial charge in [-0.25, -0.2) is 13.1 Å². The first kappa shape index (κ1) is 15.4. The first-order valence-electron chi connectivity index (χ1n) is 6.55. The van der Waals surface area contributed by atoms with Gasteiger partial charge in [-0.05, 0) is 37.1 Å². The zero-order chi connectivity index (χ0) is 14.6. The van der Waals surface area contributed by atoms with Gasteiger partial charge in [0.15, 0.2) is 0 Å². The molecule has 1 aromatic heterocycles. The maximum atomic E-state index is 11.8. The molecule has 0 atom stereocenters. The van der Waals surface area contributed by atoms with E-state index in [1.54, 1.807) is 11.4 Å². The molecule has 0 aromatic carbocycles. The SMILES string of the molecule is NC1CCC(NC(=O)CNS(=O)(=O)c2cccs2)CC1. The van der Waals surface area contributed by atoms with Crippen molar-refractivity contribution >= 4 is 27.3 Å². The number of carbonyl (C=O) groups excluding carboxylic acids is 1. The Morgan fingerprint density at radius 1 is 1.35 bits per heavy atom. The highest BCUT2D eigenvalue weighted by Crippen LogP contribution is 2.17. The van der Waals surface area contributed by atoms with Crippen LogP contribution in [0.4, 0.5) is 0 Å². The maximum absolute atomic E-state index is 11.8. The van der Waals surface area contributed by atoms with Crippen LogP contribution in [0.25, 0.3) is 0 Å². The van der Waals surface area contributed by atoms with E-state index in [1.165, 1.54) is 6.07 Å². The zero-order valence-corrected chi connectivity index (χ0v) is 12.7. The number of thiophene rings is 1. The topological polar surface area (TPSA) is 101 Å². The largest absolute Gasteiger partial charge is 0.352 e. The van der Waals surface area contributed by atoms with E-state index in [-0.39, 0.29) is 28.7 Å². The molecule has 0 spiro atoms. The Kier molecular flexibility index (Phi) is 5.14. The third-order valence-corrected chi connectivity index (χ3v) is 6.12. The lowest BCUT2D eigenvalue weighted by molar-refractivity contribution is -0.120. The number of hydrogen-bond donors (Lipinski definition) is 3. The highest BCUT2D eigenvalue weighted by Gasteiger charge is 2.21. The van der Waals surface area contributed by atoms with Crippen molar-refractivity contribution in [3.8, 4) is 0 Å². The third-order valence-electron chi connectivity index (χ3n) is 3.32. The fourth-order valence-corrected chi connectivity index (χ4v) is 4.21. The van der Waals surface area contributed by atoms with Crippen molar-refractivity contribution in [3.63, 3.8) is 0 Å². The first-order chi connectivity index (χ1) is 9.47. The van der Waals surface area contributed by atoms with Crippen molar-refractivity contribution in [2.24, 2.45) is 5.73 Å². The molecule has 1 aromatic rings. The van der Waals surface area contributed by atoms with Crippen molar-refractivity contribution in [2.45, 2.75) is 42.0 Å². The van der Waals surface area contributed by atoms with E-state index in [0.29, 0.717) is 0 Å². The lowest BCUT2D eigenvalue weighted by Gasteiger charge is -2.26. The summed E-state index contributed by atoms with van der Waals surface area (Å²) < 4.78 is 26.2. The average Bonchev–Trinajstić information content (AvgIpc) is 2.94. The quantitative estimate of drug-likeness (QED) is 0.732. The molecule has 0 aliphatic heterocycles. The van der Waals surface area contributed by atoms with Gasteiger partial charge < -0.3 is 11.1 Å². The summed E-state index contributed by atoms with van der Waals surface area (Å²) in [4.78, 5) is 11.7. The summed E-state index contributed by atoms with van der Waals surface area (Å²) in [5, 5.41) is 4.52. The second-order valence-corrected chi connectivity index (χ2v) is 7.88. The van der Waals surface area contributed by atoms with Gasteiger partial charge in [0.1, 0.15) is 4.21 Å². The van der Waals surface area contributed by atoms with E-state index >= 15 is 0 Å². The van der Waals surface area contributed by atoms with E-state index in [4.69, 9.17) is 5.73 Å². The predicted octanol–water partition coefficient (Wildman–Crippen LogP) is 0.412. The number of sulfonamides is 1. The Bertz CT molecular complexity index is 534. The van der Waals surface area contributed by atoms with Crippen molar-refractivity contribution in [3.05, 3.63) is 17.5 Å². The minimum Gasteiger partial charge on any atom is -0.352 e. The molecule has 112 valence electrons. The van der Waals surface area contributed by atoms with E-state index in [2.05, 4.69) is 10.0 Å². The highest BCUT2D eigenvalue weighted by atomic mass is 32.2. The van der Waals surface area contributed by atoms with Crippen LogP contribution in [0.5, 0.6) is 0 Å². The van der Waals surface area contributed by atoms with Crippen LogP contribution >= 0.6 is 11.3 Å². The molecule has 1 fully saturated rings. The molecule has 1 heterocycles. The van der Waals surface area contributed by atoms with E-state index < -0.39 is 10.0 Å². The van der Waals surface area contributed by atoms with E-state index in [0.717, 1.165) is 37.0 Å². The molecule has 1 saturated carbocycles. The Balaban J connectivity index is 1.78. The molecule has 8 heteroatoms. The summed E-state index contributed by atoms with van der Waals surface area (Å²) in [5.74, 6) is -0.300. The van der Waals surface area contributed by atoms with E-state index in [1.807, 2.05) is 0 Å². The van der Waals surface area contributed by atoms with Gasteiger partial charge in [0.2, 0.25) is 5.91 Å². The van der Waals surface area contributed by atoms with Crippen LogP contribution in [0.3, 0.4) is 0 Å². The van der Waals surface area contributed by atoms with Gasteiger partial charge in [0, 0.05) is 12.1 Å². The molecule has 2 rings (SSSR count). The van der Waals surface area contributed by atoms with Crippen molar-refractivity contribution in [2.75, 3.05) is 6.54 Å². The second-order valence-electron chi connectivity index (χ2n) is 4.94. The highest BCUT2D eigenvalue weighted by molar-refractivity contribution is 7.91. The average molecular weight is 317 g/mol. The van der Waals surface area contributed by atoms with Gasteiger partial charge in [0.25, 0.3) is 10.0 Å². The van der Waals surface area contributed by atoms with Crippen LogP contribution in [0.1, 0.15) is 25.7 Å². The minimum atomic E-state index is -3.57. The van der Waals surface area contributed by atoms with Crippen LogP contribution < -0.4 is 15.8 Å². The van der Waals surface area contributed by atoms with Crippen LogP contribution in [0.2, 0.25) is 0 Å². The molecule has 1 aliphatic carbocycles. The maximum Gasteiger partial charge on any atom is 0.250 e. The predicted molar refractivity (Wildman–Crippen MR) is 77.9 cm³/mol. The molecule has 0 bridgehead atoms. The molecular weight excluding hydrogens is 298 g/mol. The van der Waals surface area contributed by atoms with Gasteiger partial charge in [-0.2, -0.15) is 0 Å². The lowest BCUT2D eigenvalue weighted by Crippen LogP contribution is -2.44. The normalized spacial score (nSPS) is 23.4. The van der Waals surface area contributed by atoms with Gasteiger partial charge in [-0.1, -0.05) is 6.07 Å². The van der Waals surface area contributed by atoms with Crippen LogP contribution in [-0.4, -0.2) is 33.0 Å². The second kappa shape index (κ2) is 6.66. The van der Waals surface area contributed by atoms with Crippen molar-refractivity contribution in [1.82, 2.24) is 10.0 Å². The molecule has 1 aliphatic rings. The molecule has 1 amide bonds. The molecule has 0 unspecified atom stereocenters. The fraction of sp³-hybridized carbons (Fsp3) is 0.583. The standard InChI is InChI=1S/C12H19N3O3S2/c13-9-3-5-10(6-4-9)15-11(16)8-14-20(17,18)12-2-1-7-19-12/h1-2,7,9-10,14H,3-6,8,13H2,(H,15,16). The number of nitrogens with one attached hydrogen (secondary N) is 2. The number of carbonyl (C=O) groups is 1. The minimum absolute atomic E-state index is 0.105. The molecule has 0 saturated heterocycles. The van der Waals surface area contributed by atoms with Crippen molar-refractivity contribution < 1.29 is 13.2 Å². The number of nitrogens with two attached hydrogens (primary N) is 1. The van der Waals surface area contributed by atoms with Gasteiger partial charge in [0.05, 0.1) is 6.54 Å². The van der Waals surface area contributed by atoms with Gasteiger partial charge >= 0.3 is 0 Å². The summed E-state index contributed by atoms with van der Waals surface area (Å²) in [6, 6.07) is 3.49. The summed E-state index contributed by atoms with van der Waals surface area (Å²) in [6.45, 7) is -0.233. The molecular formula is C12H19N3O3S2.